The van der Waals surface area contributed by atoms with Crippen molar-refractivity contribution < 1.29 is 18.0 Å². The van der Waals surface area contributed by atoms with E-state index in [-0.39, 0.29) is 34.9 Å². The lowest BCUT2D eigenvalue weighted by Gasteiger charge is -2.31. The summed E-state index contributed by atoms with van der Waals surface area (Å²) >= 11 is 1.77. The molecule has 0 bridgehead atoms. The van der Waals surface area contributed by atoms with Crippen LogP contribution in [0.25, 0.3) is 0 Å². The first-order chi connectivity index (χ1) is 15.6. The van der Waals surface area contributed by atoms with Gasteiger partial charge in [-0.05, 0) is 53.0 Å². The summed E-state index contributed by atoms with van der Waals surface area (Å²) in [5.41, 5.74) is 2.97. The molecule has 1 N–H and O–H groups in total. The molecule has 4 atom stereocenters. The van der Waals surface area contributed by atoms with Crippen LogP contribution in [0.4, 0.5) is 18.9 Å². The zero-order chi connectivity index (χ0) is 23.5. The molecule has 3 aliphatic rings. The number of alkyl halides is 3. The van der Waals surface area contributed by atoms with Crippen LogP contribution in [0.3, 0.4) is 0 Å². The van der Waals surface area contributed by atoms with Gasteiger partial charge in [-0.15, -0.1) is 0 Å². The van der Waals surface area contributed by atoms with Crippen molar-refractivity contribution in [2.75, 3.05) is 23.9 Å². The summed E-state index contributed by atoms with van der Waals surface area (Å²) in [6, 6.07) is 9.40. The number of hydrogen-bond donors (Lipinski definition) is 1. The Morgan fingerprint density at radius 3 is 2.48 bits per heavy atom. The molecule has 2 fully saturated rings. The minimum absolute atomic E-state index is 0.109. The number of carbonyl (C=O) groups is 1. The number of carbonyl (C=O) groups excluding carboxylic acids is 1. The molecule has 1 saturated heterocycles. The number of rotatable bonds is 5. The highest BCUT2D eigenvalue weighted by Crippen LogP contribution is 2.56. The monoisotopic (exact) mass is 475 g/mol. The van der Waals surface area contributed by atoms with Gasteiger partial charge in [0.15, 0.2) is 6.04 Å². The zero-order valence-electron chi connectivity index (χ0n) is 18.9. The Morgan fingerprint density at radius 2 is 1.88 bits per heavy atom. The van der Waals surface area contributed by atoms with E-state index in [2.05, 4.69) is 36.3 Å². The van der Waals surface area contributed by atoms with E-state index >= 15 is 0 Å². The molecule has 3 unspecified atom stereocenters. The van der Waals surface area contributed by atoms with Crippen molar-refractivity contribution in [2.45, 2.75) is 43.9 Å². The fraction of sp³-hybridized carbons (Fsp3) is 0.520. The highest BCUT2D eigenvalue weighted by Gasteiger charge is 2.59. The first kappa shape index (κ1) is 22.6. The molecular weight excluding hydrogens is 447 g/mol. The second kappa shape index (κ2) is 7.93. The van der Waals surface area contributed by atoms with Crippen LogP contribution < -0.4 is 5.32 Å². The predicted octanol–water partition coefficient (Wildman–Crippen LogP) is 5.07. The van der Waals surface area contributed by atoms with E-state index in [4.69, 9.17) is 0 Å². The van der Waals surface area contributed by atoms with Crippen LogP contribution in [0.2, 0.25) is 0 Å². The Hall–Kier alpha value is -2.22. The minimum Gasteiger partial charge on any atom is -0.380 e. The highest BCUT2D eigenvalue weighted by atomic mass is 32.2. The SMILES string of the molecule is CN(C(=O)C1C2CSCC21)[C@@H](c1ccc(NC2Cc3ccccc3C2(C)C)cn1)C(F)(F)F. The topological polar surface area (TPSA) is 45.2 Å². The molecule has 33 heavy (non-hydrogen) atoms. The van der Waals surface area contributed by atoms with E-state index < -0.39 is 18.1 Å². The number of benzene rings is 1. The summed E-state index contributed by atoms with van der Waals surface area (Å²) in [4.78, 5) is 17.9. The second-order valence-electron chi connectivity index (χ2n) is 10.0. The Morgan fingerprint density at radius 1 is 1.18 bits per heavy atom. The summed E-state index contributed by atoms with van der Waals surface area (Å²) in [6.45, 7) is 4.34. The van der Waals surface area contributed by atoms with Gasteiger partial charge in [0.25, 0.3) is 0 Å². The average molecular weight is 476 g/mol. The van der Waals surface area contributed by atoms with E-state index in [0.717, 1.165) is 22.8 Å². The summed E-state index contributed by atoms with van der Waals surface area (Å²) < 4.78 is 42.1. The molecule has 1 aromatic heterocycles. The number of amides is 1. The molecule has 2 heterocycles. The summed E-state index contributed by atoms with van der Waals surface area (Å²) in [5.74, 6) is 1.52. The third-order valence-electron chi connectivity index (χ3n) is 7.70. The van der Waals surface area contributed by atoms with Crippen molar-refractivity contribution in [1.29, 1.82) is 0 Å². The lowest BCUT2D eigenvalue weighted by Crippen LogP contribution is -2.41. The van der Waals surface area contributed by atoms with Crippen LogP contribution in [-0.2, 0) is 16.6 Å². The number of thioether (sulfide) groups is 1. The number of nitrogens with zero attached hydrogens (tertiary/aromatic N) is 2. The predicted molar refractivity (Wildman–Crippen MR) is 124 cm³/mol. The number of hydrogen-bond acceptors (Lipinski definition) is 4. The normalized spacial score (nSPS) is 28.1. The first-order valence-corrected chi connectivity index (χ1v) is 12.5. The molecule has 1 aliphatic heterocycles. The number of anilines is 1. The number of nitrogens with one attached hydrogen (secondary N) is 1. The van der Waals surface area contributed by atoms with Crippen LogP contribution >= 0.6 is 11.8 Å². The summed E-state index contributed by atoms with van der Waals surface area (Å²) in [7, 11) is 1.26. The van der Waals surface area contributed by atoms with Crippen LogP contribution in [0.1, 0.15) is 36.7 Å². The van der Waals surface area contributed by atoms with Gasteiger partial charge in [-0.25, -0.2) is 0 Å². The quantitative estimate of drug-likeness (QED) is 0.656. The van der Waals surface area contributed by atoms with Crippen molar-refractivity contribution in [3.8, 4) is 0 Å². The van der Waals surface area contributed by atoms with Gasteiger partial charge in [-0.3, -0.25) is 9.78 Å². The molecule has 8 heteroatoms. The van der Waals surface area contributed by atoms with Gasteiger partial charge in [0.2, 0.25) is 5.91 Å². The molecule has 1 saturated carbocycles. The van der Waals surface area contributed by atoms with Gasteiger partial charge in [-0.2, -0.15) is 24.9 Å². The van der Waals surface area contributed by atoms with E-state index in [1.807, 2.05) is 12.1 Å². The van der Waals surface area contributed by atoms with Gasteiger partial charge in [0.1, 0.15) is 0 Å². The molecular formula is C25H28F3N3OS. The lowest BCUT2D eigenvalue weighted by atomic mass is 9.83. The molecule has 0 radical (unpaired) electrons. The fourth-order valence-electron chi connectivity index (χ4n) is 5.63. The fourth-order valence-corrected chi connectivity index (χ4v) is 7.22. The van der Waals surface area contributed by atoms with Crippen molar-refractivity contribution in [1.82, 2.24) is 9.88 Å². The van der Waals surface area contributed by atoms with Gasteiger partial charge in [0, 0.05) is 24.4 Å². The number of fused-ring (bicyclic) bond motifs is 2. The van der Waals surface area contributed by atoms with Gasteiger partial charge >= 0.3 is 6.18 Å². The second-order valence-corrected chi connectivity index (χ2v) is 11.1. The average Bonchev–Trinajstić information content (AvgIpc) is 3.10. The van der Waals surface area contributed by atoms with Gasteiger partial charge in [0.05, 0.1) is 17.6 Å². The van der Waals surface area contributed by atoms with Gasteiger partial charge < -0.3 is 10.2 Å². The number of aromatic nitrogens is 1. The van der Waals surface area contributed by atoms with Crippen LogP contribution in [0, 0.1) is 17.8 Å². The molecule has 5 rings (SSSR count). The molecule has 176 valence electrons. The minimum atomic E-state index is -4.60. The standard InChI is InChI=1S/C25H28F3N3OS/c1-24(2)18-7-5-4-6-14(18)10-20(24)30-15-8-9-19(29-11-15)22(25(26,27)28)31(3)23(32)21-16-12-33-13-17(16)21/h4-9,11,16-17,20-22,30H,10,12-13H2,1-3H3/t16?,17?,20?,21?,22-/m0/s1. The van der Waals surface area contributed by atoms with Crippen molar-refractivity contribution in [2.24, 2.45) is 17.8 Å². The van der Waals surface area contributed by atoms with Crippen LogP contribution in [0.15, 0.2) is 42.6 Å². The summed E-state index contributed by atoms with van der Waals surface area (Å²) in [6.07, 6.45) is -2.30. The lowest BCUT2D eigenvalue weighted by molar-refractivity contribution is -0.190. The maximum absolute atomic E-state index is 14.0. The van der Waals surface area contributed by atoms with Crippen molar-refractivity contribution in [3.05, 3.63) is 59.4 Å². The molecule has 1 aromatic carbocycles. The first-order valence-electron chi connectivity index (χ1n) is 11.3. The van der Waals surface area contributed by atoms with Crippen LogP contribution in [0.5, 0.6) is 0 Å². The Labute approximate surface area is 196 Å². The zero-order valence-corrected chi connectivity index (χ0v) is 19.7. The van der Waals surface area contributed by atoms with Crippen molar-refractivity contribution in [3.63, 3.8) is 0 Å². The van der Waals surface area contributed by atoms with Crippen LogP contribution in [-0.4, -0.2) is 46.6 Å². The third-order valence-corrected chi connectivity index (χ3v) is 8.94. The number of halogens is 3. The van der Waals surface area contributed by atoms with E-state index in [9.17, 15) is 18.0 Å². The molecule has 0 spiro atoms. The van der Waals surface area contributed by atoms with E-state index in [0.29, 0.717) is 5.69 Å². The smallest absolute Gasteiger partial charge is 0.380 e. The Kier molecular flexibility index (Phi) is 5.42. The number of pyridine rings is 1. The molecule has 2 aromatic rings. The third kappa shape index (κ3) is 3.90. The Bertz CT molecular complexity index is 1050. The molecule has 2 aliphatic carbocycles. The highest BCUT2D eigenvalue weighted by molar-refractivity contribution is 7.99. The Balaban J connectivity index is 1.32. The maximum Gasteiger partial charge on any atom is 0.414 e. The molecule has 4 nitrogen and oxygen atoms in total. The largest absolute Gasteiger partial charge is 0.414 e. The van der Waals surface area contributed by atoms with Crippen molar-refractivity contribution >= 4 is 23.4 Å². The molecule has 1 amide bonds. The summed E-state index contributed by atoms with van der Waals surface area (Å²) in [5, 5.41) is 3.46. The maximum atomic E-state index is 14.0. The van der Waals surface area contributed by atoms with E-state index in [1.165, 1.54) is 30.4 Å². The van der Waals surface area contributed by atoms with Gasteiger partial charge in [-0.1, -0.05) is 38.1 Å². The van der Waals surface area contributed by atoms with E-state index in [1.54, 1.807) is 17.8 Å².